The molecule has 4 nitrogen and oxygen atoms in total. The Morgan fingerprint density at radius 3 is 2.80 bits per heavy atom. The number of ether oxygens (including phenoxy) is 1. The van der Waals surface area contributed by atoms with Crippen LogP contribution in [0.5, 0.6) is 0 Å². The number of rotatable bonds is 1. The van der Waals surface area contributed by atoms with Crippen molar-refractivity contribution in [1.29, 1.82) is 0 Å². The minimum Gasteiger partial charge on any atom is -0.506 e. The second-order valence-electron chi connectivity index (χ2n) is 1.90. The topological polar surface area (TPSA) is 69.9 Å². The van der Waals surface area contributed by atoms with Gasteiger partial charge in [-0.15, -0.1) is 0 Å². The second kappa shape index (κ2) is 2.72. The minimum atomic E-state index is -1.05. The van der Waals surface area contributed by atoms with Crippen LogP contribution >= 0.6 is 0 Å². The van der Waals surface area contributed by atoms with Crippen LogP contribution in [-0.2, 0) is 4.74 Å². The number of aliphatic hydroxyl groups excluding tert-OH is 3. The molecular formula is C6H8O4. The Bertz CT molecular complexity index is 182. The zero-order valence-electron chi connectivity index (χ0n) is 5.19. The first-order valence-electron chi connectivity index (χ1n) is 2.79. The van der Waals surface area contributed by atoms with Gasteiger partial charge in [0, 0.05) is 0 Å². The van der Waals surface area contributed by atoms with Gasteiger partial charge in [0.25, 0.3) is 0 Å². The molecule has 0 bridgehead atoms. The van der Waals surface area contributed by atoms with Crippen LogP contribution in [0.3, 0.4) is 0 Å². The highest BCUT2D eigenvalue weighted by atomic mass is 16.5. The molecule has 1 unspecified atom stereocenters. The third-order valence-electron chi connectivity index (χ3n) is 1.13. The fourth-order valence-corrected chi connectivity index (χ4v) is 0.596. The van der Waals surface area contributed by atoms with Gasteiger partial charge in [0.1, 0.15) is 24.7 Å². The van der Waals surface area contributed by atoms with E-state index in [9.17, 15) is 0 Å². The summed E-state index contributed by atoms with van der Waals surface area (Å²) in [6, 6.07) is 0. The molecule has 0 aromatic heterocycles. The Morgan fingerprint density at radius 2 is 2.30 bits per heavy atom. The molecule has 0 spiro atoms. The highest BCUT2D eigenvalue weighted by molar-refractivity contribution is 5.14. The van der Waals surface area contributed by atoms with Gasteiger partial charge in [0.2, 0.25) is 0 Å². The number of hydrogen-bond acceptors (Lipinski definition) is 4. The molecule has 3 N–H and O–H groups in total. The fraction of sp³-hybridized carbons (Fsp3) is 0.333. The van der Waals surface area contributed by atoms with Gasteiger partial charge in [-0.2, -0.15) is 0 Å². The minimum absolute atomic E-state index is 0.241. The Balaban J connectivity index is 2.64. The van der Waals surface area contributed by atoms with Crippen molar-refractivity contribution >= 4 is 0 Å². The third kappa shape index (κ3) is 1.29. The lowest BCUT2D eigenvalue weighted by Crippen LogP contribution is -2.13. The predicted molar refractivity (Wildman–Crippen MR) is 33.0 cm³/mol. The summed E-state index contributed by atoms with van der Waals surface area (Å²) in [4.78, 5) is 0. The molecule has 0 aliphatic carbocycles. The van der Waals surface area contributed by atoms with Crippen molar-refractivity contribution in [3.63, 3.8) is 0 Å². The fourth-order valence-electron chi connectivity index (χ4n) is 0.596. The maximum absolute atomic E-state index is 8.89. The Labute approximate surface area is 57.7 Å². The van der Waals surface area contributed by atoms with Crippen molar-refractivity contribution in [3.05, 3.63) is 23.9 Å². The van der Waals surface area contributed by atoms with E-state index in [0.29, 0.717) is 0 Å². The summed E-state index contributed by atoms with van der Waals surface area (Å²) in [5.41, 5.74) is 0. The standard InChI is InChI=1S/C6H8O4/c7-2-4-1-5(8)6(9)3-10-4/h1,3,5,7-9H,2H2. The summed E-state index contributed by atoms with van der Waals surface area (Å²) in [6.45, 7) is -0.277. The lowest BCUT2D eigenvalue weighted by atomic mass is 10.2. The summed E-state index contributed by atoms with van der Waals surface area (Å²) in [5.74, 6) is -0.0116. The lowest BCUT2D eigenvalue weighted by Gasteiger charge is -2.13. The van der Waals surface area contributed by atoms with Crippen molar-refractivity contribution in [2.45, 2.75) is 6.10 Å². The van der Waals surface area contributed by atoms with E-state index in [1.165, 1.54) is 6.08 Å². The van der Waals surface area contributed by atoms with Crippen LogP contribution in [-0.4, -0.2) is 28.0 Å². The average molecular weight is 144 g/mol. The molecule has 0 aromatic rings. The van der Waals surface area contributed by atoms with Crippen LogP contribution in [0.1, 0.15) is 0 Å². The maximum Gasteiger partial charge on any atom is 0.160 e. The molecule has 0 fully saturated rings. The van der Waals surface area contributed by atoms with E-state index in [1.807, 2.05) is 0 Å². The Morgan fingerprint density at radius 1 is 1.60 bits per heavy atom. The first kappa shape index (κ1) is 7.11. The van der Waals surface area contributed by atoms with E-state index in [4.69, 9.17) is 15.3 Å². The first-order valence-corrected chi connectivity index (χ1v) is 2.79. The highest BCUT2D eigenvalue weighted by Gasteiger charge is 2.13. The zero-order chi connectivity index (χ0) is 7.56. The quantitative estimate of drug-likeness (QED) is 0.470. The summed E-state index contributed by atoms with van der Waals surface area (Å²) in [6.07, 6.45) is 1.18. The van der Waals surface area contributed by atoms with Gasteiger partial charge in [-0.1, -0.05) is 0 Å². The smallest absolute Gasteiger partial charge is 0.160 e. The summed E-state index contributed by atoms with van der Waals surface area (Å²) < 4.78 is 4.65. The summed E-state index contributed by atoms with van der Waals surface area (Å²) >= 11 is 0. The molecule has 0 amide bonds. The van der Waals surface area contributed by atoms with Gasteiger partial charge >= 0.3 is 0 Å². The normalized spacial score (nSPS) is 24.8. The van der Waals surface area contributed by atoms with E-state index in [-0.39, 0.29) is 18.1 Å². The molecule has 0 radical (unpaired) electrons. The third-order valence-corrected chi connectivity index (χ3v) is 1.13. The van der Waals surface area contributed by atoms with E-state index in [1.54, 1.807) is 0 Å². The van der Waals surface area contributed by atoms with E-state index < -0.39 is 6.10 Å². The molecular weight excluding hydrogens is 136 g/mol. The molecule has 0 aromatic carbocycles. The molecule has 1 heterocycles. The van der Waals surface area contributed by atoms with Gasteiger partial charge in [-0.05, 0) is 6.08 Å². The van der Waals surface area contributed by atoms with Crippen LogP contribution in [0.25, 0.3) is 0 Å². The maximum atomic E-state index is 8.89. The van der Waals surface area contributed by atoms with Crippen LogP contribution < -0.4 is 0 Å². The molecule has 1 rings (SSSR count). The molecule has 1 aliphatic rings. The molecule has 56 valence electrons. The largest absolute Gasteiger partial charge is 0.506 e. The molecule has 1 atom stereocenters. The second-order valence-corrected chi connectivity index (χ2v) is 1.90. The van der Waals surface area contributed by atoms with Gasteiger partial charge in [0.05, 0.1) is 0 Å². The monoisotopic (exact) mass is 144 g/mol. The van der Waals surface area contributed by atoms with Gasteiger partial charge < -0.3 is 20.1 Å². The highest BCUT2D eigenvalue weighted by Crippen LogP contribution is 2.11. The average Bonchev–Trinajstić information content (AvgIpc) is 1.95. The van der Waals surface area contributed by atoms with Crippen molar-refractivity contribution in [1.82, 2.24) is 0 Å². The van der Waals surface area contributed by atoms with Gasteiger partial charge in [0.15, 0.2) is 5.76 Å². The molecule has 0 saturated carbocycles. The molecule has 0 saturated heterocycles. The lowest BCUT2D eigenvalue weighted by molar-refractivity contribution is 0.145. The summed E-state index contributed by atoms with van der Waals surface area (Å²) in [5, 5.41) is 26.1. The van der Waals surface area contributed by atoms with Crippen LogP contribution in [0.2, 0.25) is 0 Å². The van der Waals surface area contributed by atoms with Crippen molar-refractivity contribution < 1.29 is 20.1 Å². The number of aliphatic hydroxyl groups is 3. The van der Waals surface area contributed by atoms with Crippen molar-refractivity contribution in [2.24, 2.45) is 0 Å². The molecule has 10 heavy (non-hydrogen) atoms. The molecule has 1 aliphatic heterocycles. The Hall–Kier alpha value is -1.00. The van der Waals surface area contributed by atoms with E-state index >= 15 is 0 Å². The zero-order valence-corrected chi connectivity index (χ0v) is 5.19. The first-order chi connectivity index (χ1) is 4.74. The van der Waals surface area contributed by atoms with E-state index in [2.05, 4.69) is 4.74 Å². The van der Waals surface area contributed by atoms with Gasteiger partial charge in [-0.25, -0.2) is 0 Å². The van der Waals surface area contributed by atoms with Gasteiger partial charge in [-0.3, -0.25) is 0 Å². The van der Waals surface area contributed by atoms with E-state index in [0.717, 1.165) is 6.26 Å². The van der Waals surface area contributed by atoms with Crippen molar-refractivity contribution in [2.75, 3.05) is 6.61 Å². The van der Waals surface area contributed by atoms with Crippen LogP contribution in [0.4, 0.5) is 0 Å². The van der Waals surface area contributed by atoms with Crippen LogP contribution in [0.15, 0.2) is 23.9 Å². The predicted octanol–water partition coefficient (Wildman–Crippen LogP) is -0.347. The van der Waals surface area contributed by atoms with Crippen molar-refractivity contribution in [3.8, 4) is 0 Å². The molecule has 4 heteroatoms. The number of hydrogen-bond donors (Lipinski definition) is 3. The van der Waals surface area contributed by atoms with Crippen LogP contribution in [0, 0.1) is 0 Å². The summed E-state index contributed by atoms with van der Waals surface area (Å²) in [7, 11) is 0. The SMILES string of the molecule is OCC1=CC(O)C(O)=CO1. The Kier molecular flexibility index (Phi) is 1.94.